The molecule has 0 spiro atoms. The number of carbonyl (C=O) groups excluding carboxylic acids is 2. The van der Waals surface area contributed by atoms with Crippen LogP contribution in [0.3, 0.4) is 0 Å². The molecular weight excluding hydrogens is 286 g/mol. The smallest absolute Gasteiger partial charge is 0.227 e. The Balaban J connectivity index is 1.91. The van der Waals surface area contributed by atoms with Gasteiger partial charge in [-0.2, -0.15) is 4.98 Å². The van der Waals surface area contributed by atoms with Gasteiger partial charge in [0.1, 0.15) is 0 Å². The van der Waals surface area contributed by atoms with Crippen molar-refractivity contribution in [1.29, 1.82) is 0 Å². The summed E-state index contributed by atoms with van der Waals surface area (Å²) in [5, 5.41) is 3.81. The van der Waals surface area contributed by atoms with Crippen LogP contribution in [0.5, 0.6) is 0 Å². The Morgan fingerprint density at radius 2 is 2.14 bits per heavy atom. The largest absolute Gasteiger partial charge is 0.369 e. The number of carbonyl (C=O) groups is 2. The van der Waals surface area contributed by atoms with E-state index in [1.807, 2.05) is 18.9 Å². The summed E-state index contributed by atoms with van der Waals surface area (Å²) < 4.78 is 5.08. The average Bonchev–Trinajstić information content (AvgIpc) is 2.86. The van der Waals surface area contributed by atoms with E-state index in [4.69, 9.17) is 10.3 Å². The molecule has 8 nitrogen and oxygen atoms in total. The van der Waals surface area contributed by atoms with E-state index in [2.05, 4.69) is 10.1 Å². The van der Waals surface area contributed by atoms with Gasteiger partial charge in [-0.05, 0) is 7.05 Å². The van der Waals surface area contributed by atoms with E-state index in [0.29, 0.717) is 50.6 Å². The number of hydrogen-bond donors (Lipinski definition) is 1. The van der Waals surface area contributed by atoms with Crippen molar-refractivity contribution in [1.82, 2.24) is 19.9 Å². The minimum Gasteiger partial charge on any atom is -0.369 e. The first-order valence-electron chi connectivity index (χ1n) is 7.56. The normalized spacial score (nSPS) is 19.9. The van der Waals surface area contributed by atoms with E-state index in [1.54, 1.807) is 4.90 Å². The molecule has 1 atom stereocenters. The van der Waals surface area contributed by atoms with Crippen LogP contribution in [-0.4, -0.2) is 65.0 Å². The number of likely N-dealkylation sites (N-methyl/N-ethyl adjacent to an activating group) is 1. The van der Waals surface area contributed by atoms with Crippen molar-refractivity contribution in [2.45, 2.75) is 26.2 Å². The Morgan fingerprint density at radius 1 is 1.36 bits per heavy atom. The van der Waals surface area contributed by atoms with Gasteiger partial charge in [0, 0.05) is 45.4 Å². The average molecular weight is 309 g/mol. The van der Waals surface area contributed by atoms with Gasteiger partial charge in [-0.25, -0.2) is 0 Å². The number of aromatic nitrogens is 2. The molecule has 122 valence electrons. The molecule has 2 N–H and O–H groups in total. The Bertz CT molecular complexity index is 530. The molecule has 22 heavy (non-hydrogen) atoms. The standard InChI is InChI=1S/C14H23N5O3/c1-3-11-16-12(22-17-11)4-5-13(20)19-7-6-18(2)8-10(9-19)14(15)21/h10H,3-9H2,1-2H3,(H2,15,21). The molecule has 0 aromatic carbocycles. The van der Waals surface area contributed by atoms with Crippen LogP contribution >= 0.6 is 0 Å². The van der Waals surface area contributed by atoms with Crippen LogP contribution in [0.25, 0.3) is 0 Å². The predicted octanol–water partition coefficient (Wildman–Crippen LogP) is -0.560. The van der Waals surface area contributed by atoms with Gasteiger partial charge < -0.3 is 20.1 Å². The molecule has 1 unspecified atom stereocenters. The lowest BCUT2D eigenvalue weighted by Crippen LogP contribution is -2.40. The lowest BCUT2D eigenvalue weighted by atomic mass is 10.1. The zero-order valence-electron chi connectivity index (χ0n) is 13.1. The molecule has 1 aromatic rings. The second kappa shape index (κ2) is 7.35. The second-order valence-corrected chi connectivity index (χ2v) is 5.66. The molecule has 1 saturated heterocycles. The maximum absolute atomic E-state index is 12.3. The highest BCUT2D eigenvalue weighted by atomic mass is 16.5. The highest BCUT2D eigenvalue weighted by molar-refractivity contribution is 5.80. The summed E-state index contributed by atoms with van der Waals surface area (Å²) in [6.45, 7) is 4.24. The first-order chi connectivity index (χ1) is 10.5. The van der Waals surface area contributed by atoms with Crippen LogP contribution in [0.4, 0.5) is 0 Å². The first kappa shape index (κ1) is 16.4. The molecule has 1 aromatic heterocycles. The van der Waals surface area contributed by atoms with Crippen molar-refractivity contribution in [2.24, 2.45) is 11.7 Å². The molecule has 2 amide bonds. The van der Waals surface area contributed by atoms with Gasteiger partial charge in [0.15, 0.2) is 5.82 Å². The molecule has 1 aliphatic heterocycles. The van der Waals surface area contributed by atoms with Crippen molar-refractivity contribution in [3.63, 3.8) is 0 Å². The number of amides is 2. The maximum atomic E-state index is 12.3. The number of rotatable bonds is 5. The molecule has 0 saturated carbocycles. The van der Waals surface area contributed by atoms with Crippen LogP contribution in [0, 0.1) is 5.92 Å². The number of aryl methyl sites for hydroxylation is 2. The third kappa shape index (κ3) is 4.27. The molecular formula is C14H23N5O3. The molecule has 2 rings (SSSR count). The lowest BCUT2D eigenvalue weighted by molar-refractivity contribution is -0.132. The second-order valence-electron chi connectivity index (χ2n) is 5.66. The summed E-state index contributed by atoms with van der Waals surface area (Å²) in [6.07, 6.45) is 1.41. The SMILES string of the molecule is CCc1noc(CCC(=O)N2CCN(C)CC(C(N)=O)C2)n1. The molecule has 0 aliphatic carbocycles. The summed E-state index contributed by atoms with van der Waals surface area (Å²) in [5.74, 6) is 0.414. The Labute approximate surface area is 129 Å². The van der Waals surface area contributed by atoms with Gasteiger partial charge in [-0.1, -0.05) is 12.1 Å². The molecule has 8 heteroatoms. The molecule has 1 aliphatic rings. The third-order valence-corrected chi connectivity index (χ3v) is 3.86. The topological polar surface area (TPSA) is 106 Å². The Kier molecular flexibility index (Phi) is 5.48. The highest BCUT2D eigenvalue weighted by Gasteiger charge is 2.27. The van der Waals surface area contributed by atoms with E-state index < -0.39 is 0 Å². The molecule has 2 heterocycles. The van der Waals surface area contributed by atoms with Crippen LogP contribution < -0.4 is 5.73 Å². The summed E-state index contributed by atoms with van der Waals surface area (Å²) in [4.78, 5) is 31.7. The Hall–Kier alpha value is -1.96. The summed E-state index contributed by atoms with van der Waals surface area (Å²) in [7, 11) is 1.93. The van der Waals surface area contributed by atoms with Crippen molar-refractivity contribution < 1.29 is 14.1 Å². The van der Waals surface area contributed by atoms with Gasteiger partial charge in [-0.3, -0.25) is 9.59 Å². The fourth-order valence-corrected chi connectivity index (χ4v) is 2.49. The van der Waals surface area contributed by atoms with E-state index in [9.17, 15) is 9.59 Å². The minimum atomic E-state index is -0.365. The van der Waals surface area contributed by atoms with Crippen LogP contribution in [0.1, 0.15) is 25.1 Å². The number of hydrogen-bond acceptors (Lipinski definition) is 6. The van der Waals surface area contributed by atoms with E-state index in [0.717, 1.165) is 6.54 Å². The minimum absolute atomic E-state index is 0.0159. The van der Waals surface area contributed by atoms with E-state index in [-0.39, 0.29) is 17.7 Å². The van der Waals surface area contributed by atoms with Crippen molar-refractivity contribution >= 4 is 11.8 Å². The lowest BCUT2D eigenvalue weighted by Gasteiger charge is -2.22. The van der Waals surface area contributed by atoms with Crippen LogP contribution in [0.15, 0.2) is 4.52 Å². The number of primary amides is 1. The fourth-order valence-electron chi connectivity index (χ4n) is 2.49. The summed E-state index contributed by atoms with van der Waals surface area (Å²) in [6, 6.07) is 0. The van der Waals surface area contributed by atoms with Crippen LogP contribution in [-0.2, 0) is 22.4 Å². The zero-order valence-corrected chi connectivity index (χ0v) is 13.1. The zero-order chi connectivity index (χ0) is 16.1. The summed E-state index contributed by atoms with van der Waals surface area (Å²) in [5.41, 5.74) is 5.41. The van der Waals surface area contributed by atoms with Gasteiger partial charge in [0.25, 0.3) is 0 Å². The van der Waals surface area contributed by atoms with E-state index in [1.165, 1.54) is 0 Å². The highest BCUT2D eigenvalue weighted by Crippen LogP contribution is 2.11. The molecule has 0 radical (unpaired) electrons. The monoisotopic (exact) mass is 309 g/mol. The number of nitrogens with two attached hydrogens (primary N) is 1. The first-order valence-corrected chi connectivity index (χ1v) is 7.56. The molecule has 0 bridgehead atoms. The predicted molar refractivity (Wildman–Crippen MR) is 78.8 cm³/mol. The number of nitrogens with zero attached hydrogens (tertiary/aromatic N) is 4. The van der Waals surface area contributed by atoms with Crippen molar-refractivity contribution in [3.8, 4) is 0 Å². The van der Waals surface area contributed by atoms with Gasteiger partial charge in [0.2, 0.25) is 17.7 Å². The van der Waals surface area contributed by atoms with Crippen molar-refractivity contribution in [3.05, 3.63) is 11.7 Å². The van der Waals surface area contributed by atoms with Crippen LogP contribution in [0.2, 0.25) is 0 Å². The van der Waals surface area contributed by atoms with Gasteiger partial charge in [-0.15, -0.1) is 0 Å². The Morgan fingerprint density at radius 3 is 2.77 bits per heavy atom. The fraction of sp³-hybridized carbons (Fsp3) is 0.714. The quantitative estimate of drug-likeness (QED) is 0.781. The van der Waals surface area contributed by atoms with E-state index >= 15 is 0 Å². The van der Waals surface area contributed by atoms with Crippen molar-refractivity contribution in [2.75, 3.05) is 33.2 Å². The maximum Gasteiger partial charge on any atom is 0.227 e. The van der Waals surface area contributed by atoms with Gasteiger partial charge >= 0.3 is 0 Å². The summed E-state index contributed by atoms with van der Waals surface area (Å²) >= 11 is 0. The van der Waals surface area contributed by atoms with Gasteiger partial charge in [0.05, 0.1) is 5.92 Å². The molecule has 1 fully saturated rings. The third-order valence-electron chi connectivity index (χ3n) is 3.86.